The van der Waals surface area contributed by atoms with Gasteiger partial charge in [-0.25, -0.2) is 13.9 Å². The Labute approximate surface area is 109 Å². The van der Waals surface area contributed by atoms with E-state index in [0.29, 0.717) is 24.2 Å². The minimum atomic E-state index is -0.281. The van der Waals surface area contributed by atoms with Crippen LogP contribution in [-0.4, -0.2) is 21.1 Å². The van der Waals surface area contributed by atoms with Crippen LogP contribution in [0.2, 0.25) is 0 Å². The number of fused-ring (bicyclic) bond motifs is 1. The summed E-state index contributed by atoms with van der Waals surface area (Å²) in [7, 11) is 0. The van der Waals surface area contributed by atoms with Gasteiger partial charge in [0.15, 0.2) is 5.65 Å². The van der Waals surface area contributed by atoms with E-state index in [1.165, 1.54) is 6.07 Å². The summed E-state index contributed by atoms with van der Waals surface area (Å²) in [6.45, 7) is 0.546. The second-order valence-corrected chi connectivity index (χ2v) is 4.27. The van der Waals surface area contributed by atoms with Crippen molar-refractivity contribution in [3.63, 3.8) is 0 Å². The van der Waals surface area contributed by atoms with Crippen molar-refractivity contribution in [2.45, 2.75) is 6.42 Å². The SMILES string of the molecule is NCCc1cn2nc(-c3ccccc3F)ccc2n1. The Morgan fingerprint density at radius 2 is 2.00 bits per heavy atom. The maximum atomic E-state index is 13.7. The molecule has 0 aliphatic rings. The van der Waals surface area contributed by atoms with Gasteiger partial charge < -0.3 is 5.73 Å². The van der Waals surface area contributed by atoms with Crippen molar-refractivity contribution in [3.05, 3.63) is 54.1 Å². The summed E-state index contributed by atoms with van der Waals surface area (Å²) in [5.74, 6) is -0.281. The number of aromatic nitrogens is 3. The summed E-state index contributed by atoms with van der Waals surface area (Å²) < 4.78 is 15.4. The van der Waals surface area contributed by atoms with Crippen molar-refractivity contribution in [2.75, 3.05) is 6.54 Å². The summed E-state index contributed by atoms with van der Waals surface area (Å²) in [5.41, 5.74) is 8.20. The molecule has 4 nitrogen and oxygen atoms in total. The van der Waals surface area contributed by atoms with Gasteiger partial charge in [0.25, 0.3) is 0 Å². The Morgan fingerprint density at radius 1 is 1.16 bits per heavy atom. The zero-order chi connectivity index (χ0) is 13.2. The van der Waals surface area contributed by atoms with Gasteiger partial charge in [0.2, 0.25) is 0 Å². The lowest BCUT2D eigenvalue weighted by molar-refractivity contribution is 0.630. The van der Waals surface area contributed by atoms with E-state index in [2.05, 4.69) is 10.1 Å². The van der Waals surface area contributed by atoms with Gasteiger partial charge in [0.05, 0.1) is 17.6 Å². The van der Waals surface area contributed by atoms with Crippen LogP contribution >= 0.6 is 0 Å². The molecule has 0 fully saturated rings. The second kappa shape index (κ2) is 4.78. The fraction of sp³-hybridized carbons (Fsp3) is 0.143. The third-order valence-electron chi connectivity index (χ3n) is 2.92. The van der Waals surface area contributed by atoms with Crippen LogP contribution in [0.25, 0.3) is 16.9 Å². The van der Waals surface area contributed by atoms with Crippen molar-refractivity contribution in [1.82, 2.24) is 14.6 Å². The molecule has 3 aromatic rings. The average molecular weight is 256 g/mol. The molecule has 0 saturated carbocycles. The molecule has 0 saturated heterocycles. The molecule has 0 atom stereocenters. The van der Waals surface area contributed by atoms with Crippen molar-refractivity contribution in [1.29, 1.82) is 0 Å². The predicted molar refractivity (Wildman–Crippen MR) is 71.1 cm³/mol. The van der Waals surface area contributed by atoms with Gasteiger partial charge in [-0.1, -0.05) is 12.1 Å². The molecule has 3 rings (SSSR count). The van der Waals surface area contributed by atoms with Crippen LogP contribution in [0.15, 0.2) is 42.6 Å². The summed E-state index contributed by atoms with van der Waals surface area (Å²) in [5, 5.41) is 4.38. The third kappa shape index (κ3) is 2.20. The number of halogens is 1. The zero-order valence-corrected chi connectivity index (χ0v) is 10.3. The van der Waals surface area contributed by atoms with Gasteiger partial charge in [-0.2, -0.15) is 5.10 Å². The van der Waals surface area contributed by atoms with Crippen LogP contribution < -0.4 is 5.73 Å². The van der Waals surface area contributed by atoms with E-state index in [1.807, 2.05) is 12.3 Å². The van der Waals surface area contributed by atoms with E-state index >= 15 is 0 Å². The van der Waals surface area contributed by atoms with Gasteiger partial charge in [0.1, 0.15) is 5.82 Å². The smallest absolute Gasteiger partial charge is 0.153 e. The molecule has 0 unspecified atom stereocenters. The molecule has 19 heavy (non-hydrogen) atoms. The van der Waals surface area contributed by atoms with E-state index in [1.54, 1.807) is 28.8 Å². The lowest BCUT2D eigenvalue weighted by Gasteiger charge is -2.02. The van der Waals surface area contributed by atoms with E-state index in [9.17, 15) is 4.39 Å². The Morgan fingerprint density at radius 3 is 2.79 bits per heavy atom. The van der Waals surface area contributed by atoms with Crippen LogP contribution in [0.4, 0.5) is 4.39 Å². The molecule has 0 aliphatic carbocycles. The number of rotatable bonds is 3. The maximum Gasteiger partial charge on any atom is 0.153 e. The first-order valence-corrected chi connectivity index (χ1v) is 6.08. The first-order chi connectivity index (χ1) is 9.28. The highest BCUT2D eigenvalue weighted by Crippen LogP contribution is 2.20. The van der Waals surface area contributed by atoms with Crippen LogP contribution in [0.5, 0.6) is 0 Å². The average Bonchev–Trinajstić information content (AvgIpc) is 2.81. The van der Waals surface area contributed by atoms with E-state index in [0.717, 1.165) is 11.3 Å². The highest BCUT2D eigenvalue weighted by molar-refractivity contribution is 5.60. The Hall–Kier alpha value is -2.27. The summed E-state index contributed by atoms with van der Waals surface area (Å²) >= 11 is 0. The number of nitrogens with two attached hydrogens (primary N) is 1. The van der Waals surface area contributed by atoms with Crippen molar-refractivity contribution < 1.29 is 4.39 Å². The van der Waals surface area contributed by atoms with Gasteiger partial charge in [-0.05, 0) is 30.8 Å². The molecular formula is C14H13FN4. The molecule has 0 radical (unpaired) electrons. The molecule has 96 valence electrons. The van der Waals surface area contributed by atoms with Crippen molar-refractivity contribution in [3.8, 4) is 11.3 Å². The number of benzene rings is 1. The molecular weight excluding hydrogens is 243 g/mol. The first-order valence-electron chi connectivity index (χ1n) is 6.08. The van der Waals surface area contributed by atoms with Crippen molar-refractivity contribution in [2.24, 2.45) is 5.73 Å². The molecule has 2 N–H and O–H groups in total. The molecule has 2 heterocycles. The summed E-state index contributed by atoms with van der Waals surface area (Å²) in [6, 6.07) is 10.2. The third-order valence-corrected chi connectivity index (χ3v) is 2.92. The fourth-order valence-electron chi connectivity index (χ4n) is 2.01. The number of hydrogen-bond acceptors (Lipinski definition) is 3. The van der Waals surface area contributed by atoms with Crippen LogP contribution in [0.3, 0.4) is 0 Å². The number of nitrogens with zero attached hydrogens (tertiary/aromatic N) is 3. The molecule has 5 heteroatoms. The van der Waals surface area contributed by atoms with E-state index < -0.39 is 0 Å². The van der Waals surface area contributed by atoms with Gasteiger partial charge in [-0.15, -0.1) is 0 Å². The predicted octanol–water partition coefficient (Wildman–Crippen LogP) is 2.04. The molecule has 1 aromatic carbocycles. The highest BCUT2D eigenvalue weighted by atomic mass is 19.1. The maximum absolute atomic E-state index is 13.7. The van der Waals surface area contributed by atoms with E-state index in [4.69, 9.17) is 5.73 Å². The molecule has 2 aromatic heterocycles. The Kier molecular flexibility index (Phi) is 2.97. The number of hydrogen-bond donors (Lipinski definition) is 1. The standard InChI is InChI=1S/C14H13FN4/c15-12-4-2-1-3-11(12)13-5-6-14-17-10(7-8-16)9-19(14)18-13/h1-6,9H,7-8,16H2. The minimum absolute atomic E-state index is 0.281. The lowest BCUT2D eigenvalue weighted by Crippen LogP contribution is -2.02. The Bertz CT molecular complexity index is 720. The van der Waals surface area contributed by atoms with E-state index in [-0.39, 0.29) is 5.82 Å². The molecule has 0 bridgehead atoms. The minimum Gasteiger partial charge on any atom is -0.330 e. The first kappa shape index (κ1) is 11.8. The normalized spacial score (nSPS) is 11.1. The lowest BCUT2D eigenvalue weighted by atomic mass is 10.1. The summed E-state index contributed by atoms with van der Waals surface area (Å²) in [6.07, 6.45) is 2.53. The Balaban J connectivity index is 2.08. The highest BCUT2D eigenvalue weighted by Gasteiger charge is 2.08. The summed E-state index contributed by atoms with van der Waals surface area (Å²) in [4.78, 5) is 4.39. The monoisotopic (exact) mass is 256 g/mol. The van der Waals surface area contributed by atoms with Gasteiger partial charge in [-0.3, -0.25) is 0 Å². The van der Waals surface area contributed by atoms with Gasteiger partial charge in [0, 0.05) is 12.0 Å². The van der Waals surface area contributed by atoms with Crippen LogP contribution in [0.1, 0.15) is 5.69 Å². The number of imidazole rings is 1. The van der Waals surface area contributed by atoms with Crippen LogP contribution in [0, 0.1) is 5.82 Å². The van der Waals surface area contributed by atoms with Gasteiger partial charge >= 0.3 is 0 Å². The molecule has 0 amide bonds. The van der Waals surface area contributed by atoms with Crippen molar-refractivity contribution >= 4 is 5.65 Å². The fourth-order valence-corrected chi connectivity index (χ4v) is 2.01. The topological polar surface area (TPSA) is 56.2 Å². The quantitative estimate of drug-likeness (QED) is 0.780. The molecule has 0 spiro atoms. The zero-order valence-electron chi connectivity index (χ0n) is 10.3. The van der Waals surface area contributed by atoms with Crippen LogP contribution in [-0.2, 0) is 6.42 Å². The largest absolute Gasteiger partial charge is 0.330 e. The second-order valence-electron chi connectivity index (χ2n) is 4.27. The molecule has 0 aliphatic heterocycles.